The molecule has 0 bridgehead atoms. The van der Waals surface area contributed by atoms with Gasteiger partial charge in [-0.25, -0.2) is 4.79 Å². The lowest BCUT2D eigenvalue weighted by Crippen LogP contribution is -2.47. The number of nitrogens with one attached hydrogen (secondary N) is 2. The molecular formula is C29H35N3O6. The van der Waals surface area contributed by atoms with Crippen molar-refractivity contribution in [3.05, 3.63) is 65.2 Å². The second-order valence-electron chi connectivity index (χ2n) is 9.17. The zero-order valence-corrected chi connectivity index (χ0v) is 22.0. The van der Waals surface area contributed by atoms with E-state index in [1.54, 1.807) is 13.0 Å². The highest BCUT2D eigenvalue weighted by atomic mass is 16.5. The van der Waals surface area contributed by atoms with Gasteiger partial charge in [-0.1, -0.05) is 30.3 Å². The van der Waals surface area contributed by atoms with Crippen LogP contribution in [0.15, 0.2) is 48.5 Å². The van der Waals surface area contributed by atoms with Crippen molar-refractivity contribution in [2.75, 3.05) is 26.0 Å². The highest BCUT2D eigenvalue weighted by Gasteiger charge is 2.21. The number of aryl methyl sites for hydroxylation is 1. The lowest BCUT2D eigenvalue weighted by Gasteiger charge is -2.19. The molecule has 9 heteroatoms. The summed E-state index contributed by atoms with van der Waals surface area (Å²) in [5.74, 6) is -1.11. The lowest BCUT2D eigenvalue weighted by atomic mass is 9.97. The molecule has 0 fully saturated rings. The van der Waals surface area contributed by atoms with E-state index in [1.807, 2.05) is 36.4 Å². The Morgan fingerprint density at radius 1 is 1.03 bits per heavy atom. The van der Waals surface area contributed by atoms with E-state index in [-0.39, 0.29) is 28.9 Å². The van der Waals surface area contributed by atoms with Gasteiger partial charge in [-0.2, -0.15) is 0 Å². The number of rotatable bonds is 12. The minimum Gasteiger partial charge on any atom is -0.507 e. The first-order chi connectivity index (χ1) is 18.2. The standard InChI is InChI=1S/C29H35N3O6/c1-18-15-25(34)27(29(36)37-3)26(16-18)38-14-8-4-7-13-31-28(35)24(32-19(2)33)17-20-11-12-23(30)22-10-6-5-9-21(20)22/h5-6,9-12,15-16,24,34H,4,7-8,13-14,17,30H2,1-3H3,(H,31,35)(H,32,33)/t24-/m0/s1. The number of carbonyl (C=O) groups excluding carboxylic acids is 3. The van der Waals surface area contributed by atoms with Crippen molar-refractivity contribution >= 4 is 34.2 Å². The summed E-state index contributed by atoms with van der Waals surface area (Å²) in [6, 6.07) is 13.9. The van der Waals surface area contributed by atoms with E-state index in [0.717, 1.165) is 28.3 Å². The molecule has 0 unspecified atom stereocenters. The predicted octanol–water partition coefficient (Wildman–Crippen LogP) is 3.64. The Hall–Kier alpha value is -4.27. The molecule has 38 heavy (non-hydrogen) atoms. The van der Waals surface area contributed by atoms with E-state index < -0.39 is 12.0 Å². The van der Waals surface area contributed by atoms with Gasteiger partial charge >= 0.3 is 5.97 Å². The van der Waals surface area contributed by atoms with Gasteiger partial charge in [0, 0.05) is 31.0 Å². The molecule has 202 valence electrons. The number of methoxy groups -OCH3 is 1. The molecule has 1 atom stereocenters. The van der Waals surface area contributed by atoms with Gasteiger partial charge in [-0.15, -0.1) is 0 Å². The highest BCUT2D eigenvalue weighted by molar-refractivity contribution is 5.96. The van der Waals surface area contributed by atoms with E-state index in [9.17, 15) is 19.5 Å². The molecule has 0 aliphatic carbocycles. The molecule has 5 N–H and O–H groups in total. The number of benzene rings is 3. The van der Waals surface area contributed by atoms with Gasteiger partial charge < -0.3 is 30.9 Å². The first-order valence-electron chi connectivity index (χ1n) is 12.6. The van der Waals surface area contributed by atoms with Crippen LogP contribution in [0.25, 0.3) is 10.8 Å². The third kappa shape index (κ3) is 7.38. The molecule has 0 spiro atoms. The van der Waals surface area contributed by atoms with Crippen LogP contribution in [0.2, 0.25) is 0 Å². The molecule has 0 aromatic heterocycles. The van der Waals surface area contributed by atoms with Crippen molar-refractivity contribution in [3.63, 3.8) is 0 Å². The summed E-state index contributed by atoms with van der Waals surface area (Å²) in [5, 5.41) is 17.6. The van der Waals surface area contributed by atoms with Crippen LogP contribution >= 0.6 is 0 Å². The quantitative estimate of drug-likeness (QED) is 0.162. The van der Waals surface area contributed by atoms with Crippen LogP contribution in [-0.2, 0) is 20.7 Å². The number of fused-ring (bicyclic) bond motifs is 1. The van der Waals surface area contributed by atoms with Gasteiger partial charge in [0.15, 0.2) is 0 Å². The molecule has 0 radical (unpaired) electrons. The highest BCUT2D eigenvalue weighted by Crippen LogP contribution is 2.30. The molecule has 2 amide bonds. The van der Waals surface area contributed by atoms with Gasteiger partial charge in [-0.3, -0.25) is 9.59 Å². The fraction of sp³-hybridized carbons (Fsp3) is 0.345. The van der Waals surface area contributed by atoms with Crippen molar-refractivity contribution in [2.45, 2.75) is 45.6 Å². The molecule has 0 aliphatic heterocycles. The Balaban J connectivity index is 1.50. The van der Waals surface area contributed by atoms with Crippen molar-refractivity contribution in [3.8, 4) is 11.5 Å². The second kappa shape index (κ2) is 13.3. The normalized spacial score (nSPS) is 11.6. The average molecular weight is 522 g/mol. The fourth-order valence-corrected chi connectivity index (χ4v) is 4.31. The number of esters is 1. The summed E-state index contributed by atoms with van der Waals surface area (Å²) in [7, 11) is 1.24. The number of aromatic hydroxyl groups is 1. The van der Waals surface area contributed by atoms with E-state index >= 15 is 0 Å². The monoisotopic (exact) mass is 521 g/mol. The maximum absolute atomic E-state index is 12.9. The number of carbonyl (C=O) groups is 3. The molecule has 3 aromatic rings. The third-order valence-corrected chi connectivity index (χ3v) is 6.16. The van der Waals surface area contributed by atoms with Crippen LogP contribution < -0.4 is 21.1 Å². The summed E-state index contributed by atoms with van der Waals surface area (Å²) < 4.78 is 10.5. The SMILES string of the molecule is COC(=O)c1c(O)cc(C)cc1OCCCCCNC(=O)[C@H](Cc1ccc(N)c2ccccc12)NC(C)=O. The number of hydrogen-bond acceptors (Lipinski definition) is 7. The molecule has 0 heterocycles. The Morgan fingerprint density at radius 3 is 2.47 bits per heavy atom. The molecule has 9 nitrogen and oxygen atoms in total. The topological polar surface area (TPSA) is 140 Å². The van der Waals surface area contributed by atoms with E-state index in [0.29, 0.717) is 38.1 Å². The van der Waals surface area contributed by atoms with Crippen LogP contribution in [-0.4, -0.2) is 49.2 Å². The number of nitrogens with two attached hydrogens (primary N) is 1. The van der Waals surface area contributed by atoms with E-state index in [4.69, 9.17) is 15.2 Å². The average Bonchev–Trinajstić information content (AvgIpc) is 2.88. The van der Waals surface area contributed by atoms with Crippen molar-refractivity contribution in [2.24, 2.45) is 0 Å². The smallest absolute Gasteiger partial charge is 0.345 e. The number of ether oxygens (including phenoxy) is 2. The number of phenols is 1. The summed E-state index contributed by atoms with van der Waals surface area (Å²) in [5.41, 5.74) is 8.44. The molecule has 0 saturated heterocycles. The number of amides is 2. The van der Waals surface area contributed by atoms with Crippen LogP contribution in [0, 0.1) is 6.92 Å². The molecular weight excluding hydrogens is 486 g/mol. The van der Waals surface area contributed by atoms with Crippen LogP contribution in [0.5, 0.6) is 11.5 Å². The van der Waals surface area contributed by atoms with Crippen molar-refractivity contribution in [1.82, 2.24) is 10.6 Å². The van der Waals surface area contributed by atoms with Crippen LogP contribution in [0.4, 0.5) is 5.69 Å². The molecule has 3 rings (SSSR count). The summed E-state index contributed by atoms with van der Waals surface area (Å²) >= 11 is 0. The van der Waals surface area contributed by atoms with Crippen molar-refractivity contribution < 1.29 is 29.0 Å². The summed E-state index contributed by atoms with van der Waals surface area (Å²) in [6.07, 6.45) is 2.48. The molecule has 0 aliphatic rings. The number of unbranched alkanes of at least 4 members (excludes halogenated alkanes) is 2. The Kier molecular flexibility index (Phi) is 9.92. The minimum absolute atomic E-state index is 0.00302. The number of anilines is 1. The van der Waals surface area contributed by atoms with Crippen LogP contribution in [0.3, 0.4) is 0 Å². The second-order valence-corrected chi connectivity index (χ2v) is 9.17. The largest absolute Gasteiger partial charge is 0.507 e. The maximum atomic E-state index is 12.9. The van der Waals surface area contributed by atoms with E-state index in [2.05, 4.69) is 10.6 Å². The minimum atomic E-state index is -0.714. The number of hydrogen-bond donors (Lipinski definition) is 4. The Labute approximate surface area is 222 Å². The van der Waals surface area contributed by atoms with Gasteiger partial charge in [-0.05, 0) is 60.9 Å². The van der Waals surface area contributed by atoms with Gasteiger partial charge in [0.2, 0.25) is 11.8 Å². The predicted molar refractivity (Wildman–Crippen MR) is 146 cm³/mol. The van der Waals surface area contributed by atoms with Gasteiger partial charge in [0.1, 0.15) is 23.1 Å². The van der Waals surface area contributed by atoms with Gasteiger partial charge in [0.05, 0.1) is 13.7 Å². The molecule has 3 aromatic carbocycles. The Bertz CT molecular complexity index is 1310. The lowest BCUT2D eigenvalue weighted by molar-refractivity contribution is -0.128. The summed E-state index contributed by atoms with van der Waals surface area (Å²) in [4.78, 5) is 36.7. The van der Waals surface area contributed by atoms with E-state index in [1.165, 1.54) is 20.1 Å². The zero-order valence-electron chi connectivity index (χ0n) is 22.0. The van der Waals surface area contributed by atoms with Gasteiger partial charge in [0.25, 0.3) is 0 Å². The Morgan fingerprint density at radius 2 is 1.76 bits per heavy atom. The maximum Gasteiger partial charge on any atom is 0.345 e. The number of phenolic OH excluding ortho intramolecular Hbond substituents is 1. The van der Waals surface area contributed by atoms with Crippen molar-refractivity contribution in [1.29, 1.82) is 0 Å². The fourth-order valence-electron chi connectivity index (χ4n) is 4.31. The third-order valence-electron chi connectivity index (χ3n) is 6.16. The first kappa shape index (κ1) is 28.3. The molecule has 0 saturated carbocycles. The first-order valence-corrected chi connectivity index (χ1v) is 12.6. The zero-order chi connectivity index (χ0) is 27.7. The summed E-state index contributed by atoms with van der Waals surface area (Å²) in [6.45, 7) is 3.96. The van der Waals surface area contributed by atoms with Crippen LogP contribution in [0.1, 0.15) is 47.7 Å². The number of nitrogen functional groups attached to an aromatic ring is 1.